The number of nitrogens with one attached hydrogen (secondary N) is 2. The lowest BCUT2D eigenvalue weighted by molar-refractivity contribution is -0.124. The Morgan fingerprint density at radius 1 is 0.793 bits per heavy atom. The maximum absolute atomic E-state index is 13.1. The molecular formula is C23H22N2O3S. The van der Waals surface area contributed by atoms with Gasteiger partial charge in [0, 0.05) is 5.69 Å². The summed E-state index contributed by atoms with van der Waals surface area (Å²) in [4.78, 5) is 13.3. The molecule has 0 spiro atoms. The van der Waals surface area contributed by atoms with Crippen LogP contribution in [-0.2, 0) is 20.2 Å². The van der Waals surface area contributed by atoms with E-state index in [0.717, 1.165) is 24.8 Å². The molecule has 0 bridgehead atoms. The molecule has 1 aliphatic rings. The number of sulfonamides is 1. The van der Waals surface area contributed by atoms with Crippen LogP contribution >= 0.6 is 0 Å². The molecule has 0 aliphatic heterocycles. The number of anilines is 2. The monoisotopic (exact) mass is 406 g/mol. The van der Waals surface area contributed by atoms with E-state index in [1.54, 1.807) is 42.5 Å². The van der Waals surface area contributed by atoms with E-state index >= 15 is 0 Å². The molecule has 1 fully saturated rings. The number of rotatable bonds is 6. The van der Waals surface area contributed by atoms with Gasteiger partial charge in [-0.1, -0.05) is 61.0 Å². The van der Waals surface area contributed by atoms with Crippen LogP contribution in [-0.4, -0.2) is 14.3 Å². The van der Waals surface area contributed by atoms with E-state index in [-0.39, 0.29) is 10.8 Å². The second kappa shape index (κ2) is 7.72. The number of carbonyl (C=O) groups excluding carboxylic acids is 1. The Kier molecular flexibility index (Phi) is 5.11. The predicted molar refractivity (Wildman–Crippen MR) is 114 cm³/mol. The van der Waals surface area contributed by atoms with E-state index in [4.69, 9.17) is 0 Å². The Labute approximate surface area is 170 Å². The van der Waals surface area contributed by atoms with Gasteiger partial charge in [0.1, 0.15) is 0 Å². The van der Waals surface area contributed by atoms with Crippen LogP contribution in [0.3, 0.4) is 0 Å². The quantitative estimate of drug-likeness (QED) is 0.631. The first kappa shape index (κ1) is 19.2. The van der Waals surface area contributed by atoms with Gasteiger partial charge in [0.25, 0.3) is 10.0 Å². The number of hydrogen-bond acceptors (Lipinski definition) is 3. The zero-order valence-electron chi connectivity index (χ0n) is 15.8. The van der Waals surface area contributed by atoms with E-state index in [1.807, 2.05) is 30.3 Å². The van der Waals surface area contributed by atoms with Crippen LogP contribution in [0.25, 0.3) is 0 Å². The molecule has 6 heteroatoms. The van der Waals surface area contributed by atoms with Crippen molar-refractivity contribution < 1.29 is 13.2 Å². The van der Waals surface area contributed by atoms with Gasteiger partial charge in [0.15, 0.2) is 0 Å². The molecule has 29 heavy (non-hydrogen) atoms. The molecule has 0 unspecified atom stereocenters. The fraction of sp³-hybridized carbons (Fsp3) is 0.174. The molecule has 0 aromatic heterocycles. The first-order chi connectivity index (χ1) is 14.0. The van der Waals surface area contributed by atoms with Crippen LogP contribution in [0.15, 0.2) is 89.8 Å². The molecule has 148 valence electrons. The highest BCUT2D eigenvalue weighted by Gasteiger charge is 2.45. The summed E-state index contributed by atoms with van der Waals surface area (Å²) in [6.45, 7) is 0. The highest BCUT2D eigenvalue weighted by atomic mass is 32.2. The minimum absolute atomic E-state index is 0.0574. The fourth-order valence-corrected chi connectivity index (χ4v) is 4.73. The number of amides is 1. The van der Waals surface area contributed by atoms with E-state index in [9.17, 15) is 13.2 Å². The first-order valence-corrected chi connectivity index (χ1v) is 11.0. The van der Waals surface area contributed by atoms with Gasteiger partial charge < -0.3 is 5.32 Å². The average Bonchev–Trinajstić information content (AvgIpc) is 2.69. The minimum atomic E-state index is -3.69. The van der Waals surface area contributed by atoms with Gasteiger partial charge in [-0.25, -0.2) is 8.42 Å². The number of carbonyl (C=O) groups is 1. The zero-order valence-corrected chi connectivity index (χ0v) is 16.7. The van der Waals surface area contributed by atoms with Crippen molar-refractivity contribution in [3.63, 3.8) is 0 Å². The Morgan fingerprint density at radius 2 is 1.41 bits per heavy atom. The summed E-state index contributed by atoms with van der Waals surface area (Å²) in [6, 6.07) is 24.8. The summed E-state index contributed by atoms with van der Waals surface area (Å²) >= 11 is 0. The molecule has 0 saturated heterocycles. The topological polar surface area (TPSA) is 75.3 Å². The average molecular weight is 407 g/mol. The Morgan fingerprint density at radius 3 is 2.03 bits per heavy atom. The Hall–Kier alpha value is -3.12. The van der Waals surface area contributed by atoms with E-state index in [1.165, 1.54) is 12.1 Å². The SMILES string of the molecule is O=C(Nc1cccc(NS(=O)(=O)c2ccccc2)c1)C1(c2ccccc2)CCC1. The number of benzene rings is 3. The third-order valence-electron chi connectivity index (χ3n) is 5.39. The molecule has 0 radical (unpaired) electrons. The molecule has 0 heterocycles. The molecule has 3 aromatic carbocycles. The molecule has 1 amide bonds. The highest BCUT2D eigenvalue weighted by Crippen LogP contribution is 2.44. The van der Waals surface area contributed by atoms with Crippen molar-refractivity contribution in [2.75, 3.05) is 10.0 Å². The lowest BCUT2D eigenvalue weighted by atomic mass is 9.64. The van der Waals surface area contributed by atoms with Crippen molar-refractivity contribution in [1.29, 1.82) is 0 Å². The first-order valence-electron chi connectivity index (χ1n) is 9.55. The summed E-state index contributed by atoms with van der Waals surface area (Å²) in [5.74, 6) is -0.0574. The van der Waals surface area contributed by atoms with E-state index in [0.29, 0.717) is 11.4 Å². The summed E-state index contributed by atoms with van der Waals surface area (Å²) in [7, 11) is -3.69. The van der Waals surface area contributed by atoms with Crippen molar-refractivity contribution in [2.45, 2.75) is 29.6 Å². The minimum Gasteiger partial charge on any atom is -0.325 e. The van der Waals surface area contributed by atoms with E-state index < -0.39 is 15.4 Å². The number of hydrogen-bond donors (Lipinski definition) is 2. The second-order valence-electron chi connectivity index (χ2n) is 7.26. The van der Waals surface area contributed by atoms with Gasteiger partial charge in [-0.15, -0.1) is 0 Å². The van der Waals surface area contributed by atoms with Crippen molar-refractivity contribution in [2.24, 2.45) is 0 Å². The van der Waals surface area contributed by atoms with Gasteiger partial charge >= 0.3 is 0 Å². The standard InChI is InChI=1S/C23H22N2O3S/c26-22(23(15-8-16-23)18-9-3-1-4-10-18)24-19-11-7-12-20(17-19)25-29(27,28)21-13-5-2-6-14-21/h1-7,9-14,17,25H,8,15-16H2,(H,24,26). The van der Waals surface area contributed by atoms with E-state index in [2.05, 4.69) is 10.0 Å². The Bertz CT molecular complexity index is 1110. The maximum atomic E-state index is 13.1. The van der Waals surface area contributed by atoms with Gasteiger partial charge in [-0.05, 0) is 48.7 Å². The second-order valence-corrected chi connectivity index (χ2v) is 8.94. The highest BCUT2D eigenvalue weighted by molar-refractivity contribution is 7.92. The van der Waals surface area contributed by atoms with Crippen molar-refractivity contribution >= 4 is 27.3 Å². The summed E-state index contributed by atoms with van der Waals surface area (Å²) in [5.41, 5.74) is 1.46. The zero-order chi connectivity index (χ0) is 20.3. The van der Waals surface area contributed by atoms with Crippen LogP contribution in [0.2, 0.25) is 0 Å². The van der Waals surface area contributed by atoms with Gasteiger partial charge in [-0.2, -0.15) is 0 Å². The summed E-state index contributed by atoms with van der Waals surface area (Å²) in [6.07, 6.45) is 2.63. The summed E-state index contributed by atoms with van der Waals surface area (Å²) < 4.78 is 27.6. The van der Waals surface area contributed by atoms with Crippen LogP contribution in [0.1, 0.15) is 24.8 Å². The molecule has 3 aromatic rings. The maximum Gasteiger partial charge on any atom is 0.261 e. The molecule has 1 aliphatic carbocycles. The van der Waals surface area contributed by atoms with Crippen LogP contribution in [0.4, 0.5) is 11.4 Å². The van der Waals surface area contributed by atoms with Crippen molar-refractivity contribution in [3.8, 4) is 0 Å². The third-order valence-corrected chi connectivity index (χ3v) is 6.79. The molecule has 1 saturated carbocycles. The smallest absolute Gasteiger partial charge is 0.261 e. The van der Waals surface area contributed by atoms with Crippen LogP contribution in [0.5, 0.6) is 0 Å². The Balaban J connectivity index is 1.53. The van der Waals surface area contributed by atoms with Gasteiger partial charge in [-0.3, -0.25) is 9.52 Å². The third kappa shape index (κ3) is 3.89. The van der Waals surface area contributed by atoms with Gasteiger partial charge in [0.2, 0.25) is 5.91 Å². The van der Waals surface area contributed by atoms with Crippen molar-refractivity contribution in [1.82, 2.24) is 0 Å². The molecule has 2 N–H and O–H groups in total. The molecule has 4 rings (SSSR count). The van der Waals surface area contributed by atoms with Crippen LogP contribution in [0, 0.1) is 0 Å². The largest absolute Gasteiger partial charge is 0.325 e. The molecular weight excluding hydrogens is 384 g/mol. The van der Waals surface area contributed by atoms with Crippen LogP contribution < -0.4 is 10.0 Å². The lowest BCUT2D eigenvalue weighted by Crippen LogP contribution is -2.45. The molecule has 5 nitrogen and oxygen atoms in total. The molecule has 0 atom stereocenters. The predicted octanol–water partition coefficient (Wildman–Crippen LogP) is 4.55. The lowest BCUT2D eigenvalue weighted by Gasteiger charge is -2.40. The van der Waals surface area contributed by atoms with Crippen molar-refractivity contribution in [3.05, 3.63) is 90.5 Å². The fourth-order valence-electron chi connectivity index (χ4n) is 3.66. The normalized spacial score (nSPS) is 15.2. The van der Waals surface area contributed by atoms with Gasteiger partial charge in [0.05, 0.1) is 16.0 Å². The summed E-state index contributed by atoms with van der Waals surface area (Å²) in [5, 5.41) is 2.98.